The number of ether oxygens (including phenoxy) is 1. The van der Waals surface area contributed by atoms with Crippen molar-refractivity contribution >= 4 is 5.84 Å². The van der Waals surface area contributed by atoms with Crippen LogP contribution in [-0.4, -0.2) is 36.7 Å². The van der Waals surface area contributed by atoms with Gasteiger partial charge in [0.1, 0.15) is 24.1 Å². The summed E-state index contributed by atoms with van der Waals surface area (Å²) in [7, 11) is 2.00. The molecule has 0 aromatic rings. The van der Waals surface area contributed by atoms with Crippen LogP contribution >= 0.6 is 0 Å². The van der Waals surface area contributed by atoms with Crippen molar-refractivity contribution in [3.8, 4) is 0 Å². The molecular formula is C15H23N5O. The number of nitrogens with two attached hydrogens (primary N) is 1. The lowest BCUT2D eigenvalue weighted by atomic mass is 9.87. The van der Waals surface area contributed by atoms with Crippen molar-refractivity contribution in [2.75, 3.05) is 13.7 Å². The van der Waals surface area contributed by atoms with Gasteiger partial charge in [-0.3, -0.25) is 5.01 Å². The highest BCUT2D eigenvalue weighted by Gasteiger charge is 2.37. The van der Waals surface area contributed by atoms with Gasteiger partial charge in [-0.25, -0.2) is 10.4 Å². The third-order valence-corrected chi connectivity index (χ3v) is 3.90. The third kappa shape index (κ3) is 2.63. The number of hydrogen-bond donors (Lipinski definition) is 3. The van der Waals surface area contributed by atoms with Crippen molar-refractivity contribution in [2.24, 2.45) is 16.6 Å². The Labute approximate surface area is 125 Å². The SMILES string of the molecule is CC(C)OC1=CCC(C2NN(C)C3=C2C(N)=NCN3)C=C1. The minimum Gasteiger partial charge on any atom is -0.491 e. The second-order valence-electron chi connectivity index (χ2n) is 5.84. The molecule has 2 atom stereocenters. The Hall–Kier alpha value is -1.95. The smallest absolute Gasteiger partial charge is 0.128 e. The van der Waals surface area contributed by atoms with Gasteiger partial charge >= 0.3 is 0 Å². The molecule has 6 nitrogen and oxygen atoms in total. The van der Waals surface area contributed by atoms with Gasteiger partial charge in [-0.1, -0.05) is 6.08 Å². The molecule has 2 heterocycles. The maximum absolute atomic E-state index is 6.09. The van der Waals surface area contributed by atoms with E-state index in [2.05, 4.69) is 34.0 Å². The van der Waals surface area contributed by atoms with Crippen LogP contribution < -0.4 is 16.5 Å². The standard InChI is InChI=1S/C15H23N5O/c1-9(2)21-11-6-4-10(5-7-11)13-12-14(16)17-8-18-15(12)20(3)19-13/h4,6-7,9-10,13,18-19H,5,8H2,1-3H3,(H2,16,17). The molecule has 0 spiro atoms. The Balaban J connectivity index is 1.75. The van der Waals surface area contributed by atoms with Crippen LogP contribution in [0.1, 0.15) is 20.3 Å². The molecule has 3 aliphatic rings. The summed E-state index contributed by atoms with van der Waals surface area (Å²) in [4.78, 5) is 4.30. The van der Waals surface area contributed by atoms with E-state index in [0.29, 0.717) is 18.4 Å². The van der Waals surface area contributed by atoms with Gasteiger partial charge in [-0.05, 0) is 32.4 Å². The van der Waals surface area contributed by atoms with E-state index in [0.717, 1.165) is 23.6 Å². The van der Waals surface area contributed by atoms with Crippen molar-refractivity contribution in [3.05, 3.63) is 35.4 Å². The van der Waals surface area contributed by atoms with Crippen LogP contribution in [0.3, 0.4) is 0 Å². The zero-order valence-electron chi connectivity index (χ0n) is 12.8. The molecule has 0 radical (unpaired) electrons. The number of amidine groups is 1. The van der Waals surface area contributed by atoms with Crippen molar-refractivity contribution < 1.29 is 4.74 Å². The summed E-state index contributed by atoms with van der Waals surface area (Å²) in [6.07, 6.45) is 7.52. The second kappa shape index (κ2) is 5.44. The third-order valence-electron chi connectivity index (χ3n) is 3.90. The summed E-state index contributed by atoms with van der Waals surface area (Å²) in [6, 6.07) is 0.148. The zero-order chi connectivity index (χ0) is 15.0. The van der Waals surface area contributed by atoms with Crippen LogP contribution in [-0.2, 0) is 4.74 Å². The maximum Gasteiger partial charge on any atom is 0.128 e. The molecule has 0 amide bonds. The summed E-state index contributed by atoms with van der Waals surface area (Å²) in [5.41, 5.74) is 10.6. The van der Waals surface area contributed by atoms with Gasteiger partial charge in [0.2, 0.25) is 0 Å². The molecule has 21 heavy (non-hydrogen) atoms. The fourth-order valence-corrected chi connectivity index (χ4v) is 2.98. The Bertz CT molecular complexity index is 546. The van der Waals surface area contributed by atoms with Gasteiger partial charge < -0.3 is 15.8 Å². The number of nitrogens with one attached hydrogen (secondary N) is 2. The quantitative estimate of drug-likeness (QED) is 0.717. The molecule has 4 N–H and O–H groups in total. The first-order valence-corrected chi connectivity index (χ1v) is 7.39. The summed E-state index contributed by atoms with van der Waals surface area (Å²) in [5.74, 6) is 2.96. The molecular weight excluding hydrogens is 266 g/mol. The van der Waals surface area contributed by atoms with E-state index in [1.54, 1.807) is 0 Å². The van der Waals surface area contributed by atoms with E-state index in [1.807, 2.05) is 25.9 Å². The van der Waals surface area contributed by atoms with Gasteiger partial charge in [0.05, 0.1) is 17.7 Å². The van der Waals surface area contributed by atoms with E-state index >= 15 is 0 Å². The first-order chi connectivity index (χ1) is 10.1. The number of allylic oxidation sites excluding steroid dienone is 2. The van der Waals surface area contributed by atoms with Crippen molar-refractivity contribution in [1.82, 2.24) is 15.8 Å². The van der Waals surface area contributed by atoms with Crippen molar-refractivity contribution in [2.45, 2.75) is 32.4 Å². The van der Waals surface area contributed by atoms with Crippen molar-refractivity contribution in [3.63, 3.8) is 0 Å². The number of aliphatic imine (C=N–C) groups is 1. The molecule has 0 bridgehead atoms. The van der Waals surface area contributed by atoms with Gasteiger partial charge in [0, 0.05) is 13.0 Å². The largest absolute Gasteiger partial charge is 0.491 e. The monoisotopic (exact) mass is 289 g/mol. The molecule has 2 unspecified atom stereocenters. The van der Waals surface area contributed by atoms with E-state index < -0.39 is 0 Å². The number of hydrogen-bond acceptors (Lipinski definition) is 6. The summed E-state index contributed by atoms with van der Waals surface area (Å²) in [5, 5.41) is 5.28. The molecule has 114 valence electrons. The molecule has 0 saturated carbocycles. The first-order valence-electron chi connectivity index (χ1n) is 7.39. The van der Waals surface area contributed by atoms with Crippen LogP contribution in [0.25, 0.3) is 0 Å². The lowest BCUT2D eigenvalue weighted by Gasteiger charge is -2.26. The lowest BCUT2D eigenvalue weighted by molar-refractivity contribution is 0.154. The van der Waals surface area contributed by atoms with Crippen LogP contribution in [0.2, 0.25) is 0 Å². The highest BCUT2D eigenvalue weighted by atomic mass is 16.5. The normalized spacial score (nSPS) is 28.3. The Morgan fingerprint density at radius 2 is 2.29 bits per heavy atom. The number of rotatable bonds is 3. The van der Waals surface area contributed by atoms with Crippen LogP contribution in [0.15, 0.2) is 40.4 Å². The fourth-order valence-electron chi connectivity index (χ4n) is 2.98. The lowest BCUT2D eigenvalue weighted by Crippen LogP contribution is -2.41. The van der Waals surface area contributed by atoms with Crippen LogP contribution in [0, 0.1) is 5.92 Å². The second-order valence-corrected chi connectivity index (χ2v) is 5.84. The summed E-state index contributed by atoms with van der Waals surface area (Å²) in [6.45, 7) is 4.61. The highest BCUT2D eigenvalue weighted by Crippen LogP contribution is 2.30. The fraction of sp³-hybridized carbons (Fsp3) is 0.533. The van der Waals surface area contributed by atoms with E-state index in [9.17, 15) is 0 Å². The van der Waals surface area contributed by atoms with Crippen molar-refractivity contribution in [1.29, 1.82) is 0 Å². The molecule has 2 aliphatic heterocycles. The topological polar surface area (TPSA) is 74.9 Å². The minimum atomic E-state index is 0.148. The molecule has 6 heteroatoms. The van der Waals surface area contributed by atoms with Gasteiger partial charge in [-0.15, -0.1) is 0 Å². The van der Waals surface area contributed by atoms with Gasteiger partial charge in [0.15, 0.2) is 0 Å². The number of nitrogens with zero attached hydrogens (tertiary/aromatic N) is 2. The van der Waals surface area contributed by atoms with Gasteiger partial charge in [0.25, 0.3) is 0 Å². The van der Waals surface area contributed by atoms with E-state index in [-0.39, 0.29) is 12.1 Å². The molecule has 0 saturated heterocycles. The summed E-state index contributed by atoms with van der Waals surface area (Å²) < 4.78 is 5.72. The molecule has 1 aliphatic carbocycles. The minimum absolute atomic E-state index is 0.148. The van der Waals surface area contributed by atoms with Gasteiger partial charge in [-0.2, -0.15) is 0 Å². The van der Waals surface area contributed by atoms with E-state index in [1.165, 1.54) is 0 Å². The van der Waals surface area contributed by atoms with Crippen LogP contribution in [0.4, 0.5) is 0 Å². The maximum atomic E-state index is 6.09. The average molecular weight is 289 g/mol. The molecule has 0 aromatic carbocycles. The predicted octanol–water partition coefficient (Wildman–Crippen LogP) is 0.820. The molecule has 0 fully saturated rings. The Kier molecular flexibility index (Phi) is 3.63. The van der Waals surface area contributed by atoms with Crippen LogP contribution in [0.5, 0.6) is 0 Å². The highest BCUT2D eigenvalue weighted by molar-refractivity contribution is 5.99. The predicted molar refractivity (Wildman–Crippen MR) is 82.9 cm³/mol. The zero-order valence-corrected chi connectivity index (χ0v) is 12.8. The Morgan fingerprint density at radius 3 is 2.95 bits per heavy atom. The van der Waals surface area contributed by atoms with E-state index in [4.69, 9.17) is 10.5 Å². The summed E-state index contributed by atoms with van der Waals surface area (Å²) >= 11 is 0. The molecule has 3 rings (SSSR count). The average Bonchev–Trinajstić information content (AvgIpc) is 2.78. The Morgan fingerprint density at radius 1 is 1.48 bits per heavy atom. The number of hydrazine groups is 1. The molecule has 0 aromatic heterocycles. The first kappa shape index (κ1) is 14.0.